The minimum atomic E-state index is -0.190. The number of halogens is 1. The van der Waals surface area contributed by atoms with Gasteiger partial charge in [-0.1, -0.05) is 36.7 Å². The van der Waals surface area contributed by atoms with E-state index in [-0.39, 0.29) is 18.4 Å². The smallest absolute Gasteiger partial charge is 0.244 e. The molecule has 0 aromatic heterocycles. The van der Waals surface area contributed by atoms with Gasteiger partial charge in [0.05, 0.1) is 0 Å². The fourth-order valence-corrected chi connectivity index (χ4v) is 1.37. The minimum Gasteiger partial charge on any atom is -0.396 e. The lowest BCUT2D eigenvalue weighted by molar-refractivity contribution is -0.116. The van der Waals surface area contributed by atoms with Crippen LogP contribution in [0.4, 0.5) is 0 Å². The van der Waals surface area contributed by atoms with Crippen LogP contribution in [-0.4, -0.2) is 24.2 Å². The molecule has 17 heavy (non-hydrogen) atoms. The number of aliphatic hydroxyl groups excluding tert-OH is 1. The van der Waals surface area contributed by atoms with Crippen LogP contribution in [0.1, 0.15) is 12.5 Å². The van der Waals surface area contributed by atoms with Crippen LogP contribution in [0, 0.1) is 5.92 Å². The van der Waals surface area contributed by atoms with Crippen molar-refractivity contribution in [1.82, 2.24) is 5.32 Å². The molecule has 0 bridgehead atoms. The Kier molecular flexibility index (Phi) is 5.73. The number of amides is 1. The van der Waals surface area contributed by atoms with Crippen molar-refractivity contribution < 1.29 is 9.90 Å². The molecule has 0 aliphatic heterocycles. The first-order valence-corrected chi connectivity index (χ1v) is 5.82. The number of carbonyl (C=O) groups excluding carboxylic acids is 1. The molecule has 0 saturated heterocycles. The molecule has 0 spiro atoms. The monoisotopic (exact) mass is 253 g/mol. The van der Waals surface area contributed by atoms with Crippen molar-refractivity contribution in [2.75, 3.05) is 13.2 Å². The molecule has 1 amide bonds. The van der Waals surface area contributed by atoms with E-state index in [1.54, 1.807) is 12.1 Å². The molecular weight excluding hydrogens is 238 g/mol. The van der Waals surface area contributed by atoms with Gasteiger partial charge in [0.2, 0.25) is 5.91 Å². The fraction of sp³-hybridized carbons (Fsp3) is 0.308. The van der Waals surface area contributed by atoms with Gasteiger partial charge < -0.3 is 10.4 Å². The van der Waals surface area contributed by atoms with Gasteiger partial charge in [0.25, 0.3) is 0 Å². The van der Waals surface area contributed by atoms with E-state index in [0.717, 1.165) is 5.56 Å². The van der Waals surface area contributed by atoms with Crippen molar-refractivity contribution in [2.45, 2.75) is 6.92 Å². The van der Waals surface area contributed by atoms with Crippen LogP contribution in [0.5, 0.6) is 0 Å². The lowest BCUT2D eigenvalue weighted by atomic mass is 10.2. The van der Waals surface area contributed by atoms with E-state index in [9.17, 15) is 4.79 Å². The van der Waals surface area contributed by atoms with Crippen molar-refractivity contribution in [3.05, 3.63) is 40.9 Å². The van der Waals surface area contributed by atoms with Gasteiger partial charge in [0.1, 0.15) is 0 Å². The molecule has 0 aliphatic carbocycles. The number of carbonyl (C=O) groups is 1. The molecule has 0 saturated carbocycles. The summed E-state index contributed by atoms with van der Waals surface area (Å²) in [7, 11) is 0. The summed E-state index contributed by atoms with van der Waals surface area (Å²) < 4.78 is 0. The Morgan fingerprint density at radius 3 is 2.88 bits per heavy atom. The Balaban J connectivity index is 2.49. The number of rotatable bonds is 5. The maximum Gasteiger partial charge on any atom is 0.244 e. The Morgan fingerprint density at radius 1 is 1.53 bits per heavy atom. The third-order valence-electron chi connectivity index (χ3n) is 2.26. The molecule has 92 valence electrons. The van der Waals surface area contributed by atoms with Crippen LogP contribution in [0.2, 0.25) is 5.02 Å². The standard InChI is InChI=1S/C13H16ClNO2/c1-10(9-16)8-15-13(17)7-6-11-4-2-3-5-12(11)14/h2-7,10,16H,8-9H2,1H3,(H,15,17). The molecule has 1 atom stereocenters. The lowest BCUT2D eigenvalue weighted by Gasteiger charge is -2.07. The molecule has 1 unspecified atom stereocenters. The number of benzene rings is 1. The van der Waals surface area contributed by atoms with Crippen molar-refractivity contribution >= 4 is 23.6 Å². The molecule has 0 aliphatic rings. The Morgan fingerprint density at radius 2 is 2.24 bits per heavy atom. The molecule has 3 nitrogen and oxygen atoms in total. The van der Waals surface area contributed by atoms with Gasteiger partial charge in [0.15, 0.2) is 0 Å². The van der Waals surface area contributed by atoms with Crippen LogP contribution in [-0.2, 0) is 4.79 Å². The highest BCUT2D eigenvalue weighted by Crippen LogP contribution is 2.15. The quantitative estimate of drug-likeness (QED) is 0.790. The highest BCUT2D eigenvalue weighted by atomic mass is 35.5. The summed E-state index contributed by atoms with van der Waals surface area (Å²) in [6, 6.07) is 7.30. The van der Waals surface area contributed by atoms with Gasteiger partial charge in [-0.15, -0.1) is 0 Å². The zero-order valence-corrected chi connectivity index (χ0v) is 10.4. The predicted octanol–water partition coefficient (Wildman–Crippen LogP) is 2.10. The SMILES string of the molecule is CC(CO)CNC(=O)C=Cc1ccccc1Cl. The van der Waals surface area contributed by atoms with E-state index < -0.39 is 0 Å². The van der Waals surface area contributed by atoms with Crippen LogP contribution >= 0.6 is 11.6 Å². The summed E-state index contributed by atoms with van der Waals surface area (Å²) in [5.74, 6) is -0.127. The first-order chi connectivity index (χ1) is 8.13. The predicted molar refractivity (Wildman–Crippen MR) is 69.7 cm³/mol. The minimum absolute atomic E-state index is 0.0627. The fourth-order valence-electron chi connectivity index (χ4n) is 1.17. The molecule has 1 aromatic rings. The summed E-state index contributed by atoms with van der Waals surface area (Å²) in [5, 5.41) is 12.1. The summed E-state index contributed by atoms with van der Waals surface area (Å²) in [6.07, 6.45) is 3.10. The van der Waals surface area contributed by atoms with Gasteiger partial charge in [0, 0.05) is 24.3 Å². The molecule has 1 rings (SSSR count). The van der Waals surface area contributed by atoms with E-state index >= 15 is 0 Å². The highest BCUT2D eigenvalue weighted by molar-refractivity contribution is 6.32. The summed E-state index contributed by atoms with van der Waals surface area (Å²) in [4.78, 5) is 11.4. The summed E-state index contributed by atoms with van der Waals surface area (Å²) in [5.41, 5.74) is 0.805. The van der Waals surface area contributed by atoms with Crippen LogP contribution in [0.15, 0.2) is 30.3 Å². The van der Waals surface area contributed by atoms with Gasteiger partial charge in [-0.2, -0.15) is 0 Å². The normalized spacial score (nSPS) is 12.6. The van der Waals surface area contributed by atoms with Gasteiger partial charge in [-0.3, -0.25) is 4.79 Å². The number of hydrogen-bond donors (Lipinski definition) is 2. The van der Waals surface area contributed by atoms with Gasteiger partial charge >= 0.3 is 0 Å². The Hall–Kier alpha value is -1.32. The molecule has 2 N–H and O–H groups in total. The topological polar surface area (TPSA) is 49.3 Å². The van der Waals surface area contributed by atoms with Crippen molar-refractivity contribution in [1.29, 1.82) is 0 Å². The maximum atomic E-state index is 11.4. The number of nitrogens with one attached hydrogen (secondary N) is 1. The lowest BCUT2D eigenvalue weighted by Crippen LogP contribution is -2.27. The zero-order valence-electron chi connectivity index (χ0n) is 9.69. The summed E-state index contributed by atoms with van der Waals surface area (Å²) >= 11 is 5.94. The van der Waals surface area contributed by atoms with Crippen LogP contribution in [0.3, 0.4) is 0 Å². The van der Waals surface area contributed by atoms with Crippen molar-refractivity contribution in [3.8, 4) is 0 Å². The average molecular weight is 254 g/mol. The second kappa shape index (κ2) is 7.09. The van der Waals surface area contributed by atoms with Crippen molar-refractivity contribution in [2.24, 2.45) is 5.92 Å². The van der Waals surface area contributed by atoms with E-state index in [1.807, 2.05) is 25.1 Å². The maximum absolute atomic E-state index is 11.4. The Labute approximate surface area is 106 Å². The first kappa shape index (κ1) is 13.7. The second-order valence-electron chi connectivity index (χ2n) is 3.89. The first-order valence-electron chi connectivity index (χ1n) is 5.44. The molecule has 4 heteroatoms. The molecule has 1 aromatic carbocycles. The molecular formula is C13H16ClNO2. The third-order valence-corrected chi connectivity index (χ3v) is 2.60. The van der Waals surface area contributed by atoms with Crippen molar-refractivity contribution in [3.63, 3.8) is 0 Å². The number of aliphatic hydroxyl groups is 1. The third kappa shape index (κ3) is 5.02. The second-order valence-corrected chi connectivity index (χ2v) is 4.29. The Bertz CT molecular complexity index is 404. The van der Waals surface area contributed by atoms with E-state index in [0.29, 0.717) is 11.6 Å². The summed E-state index contributed by atoms with van der Waals surface area (Å²) in [6.45, 7) is 2.38. The largest absolute Gasteiger partial charge is 0.396 e. The van der Waals surface area contributed by atoms with Crippen LogP contribution < -0.4 is 5.32 Å². The number of hydrogen-bond acceptors (Lipinski definition) is 2. The van der Waals surface area contributed by atoms with Gasteiger partial charge in [-0.25, -0.2) is 0 Å². The molecule has 0 fully saturated rings. The van der Waals surface area contributed by atoms with Gasteiger partial charge in [-0.05, 0) is 23.6 Å². The van der Waals surface area contributed by atoms with Crippen LogP contribution in [0.25, 0.3) is 6.08 Å². The highest BCUT2D eigenvalue weighted by Gasteiger charge is 2.01. The van der Waals surface area contributed by atoms with E-state index in [1.165, 1.54) is 6.08 Å². The zero-order chi connectivity index (χ0) is 12.7. The van der Waals surface area contributed by atoms with E-state index in [2.05, 4.69) is 5.32 Å². The van der Waals surface area contributed by atoms with E-state index in [4.69, 9.17) is 16.7 Å². The molecule has 0 heterocycles. The average Bonchev–Trinajstić information content (AvgIpc) is 2.35. The molecule has 0 radical (unpaired) electrons.